The summed E-state index contributed by atoms with van der Waals surface area (Å²) in [5.74, 6) is 0. The van der Waals surface area contributed by atoms with Gasteiger partial charge in [-0.05, 0) is 12.1 Å². The van der Waals surface area contributed by atoms with Gasteiger partial charge in [-0.3, -0.25) is 4.99 Å². The first-order valence-corrected chi connectivity index (χ1v) is 6.39. The average Bonchev–Trinajstić information content (AvgIpc) is 2.93. The van der Waals surface area contributed by atoms with Crippen molar-refractivity contribution in [2.75, 3.05) is 7.05 Å². The largest absolute Gasteiger partial charge is 0.294 e. The molecule has 1 aromatic heterocycles. The SMILES string of the molecule is CN=Cc1nnn(-c2ccccc2)c1-c1ccccc1. The number of aromatic nitrogens is 3. The van der Waals surface area contributed by atoms with E-state index in [0.717, 1.165) is 22.6 Å². The van der Waals surface area contributed by atoms with Crippen LogP contribution in [0.25, 0.3) is 16.9 Å². The number of para-hydroxylation sites is 1. The predicted octanol–water partition coefficient (Wildman–Crippen LogP) is 2.98. The van der Waals surface area contributed by atoms with Gasteiger partial charge in [-0.15, -0.1) is 5.10 Å². The Morgan fingerprint density at radius 2 is 1.60 bits per heavy atom. The minimum atomic E-state index is 0.766. The molecule has 0 bridgehead atoms. The van der Waals surface area contributed by atoms with E-state index in [4.69, 9.17) is 0 Å². The standard InChI is InChI=1S/C16H14N4/c1-17-12-15-16(13-8-4-2-5-9-13)20(19-18-15)14-10-6-3-7-11-14/h2-12H,1H3. The second kappa shape index (κ2) is 5.48. The maximum absolute atomic E-state index is 4.26. The van der Waals surface area contributed by atoms with Gasteiger partial charge >= 0.3 is 0 Å². The summed E-state index contributed by atoms with van der Waals surface area (Å²) >= 11 is 0. The van der Waals surface area contributed by atoms with Crippen LogP contribution in [0.1, 0.15) is 5.69 Å². The van der Waals surface area contributed by atoms with Crippen LogP contribution in [0.3, 0.4) is 0 Å². The van der Waals surface area contributed by atoms with Crippen LogP contribution in [0.5, 0.6) is 0 Å². The van der Waals surface area contributed by atoms with Gasteiger partial charge in [0.25, 0.3) is 0 Å². The summed E-state index contributed by atoms with van der Waals surface area (Å²) in [6, 6.07) is 20.1. The van der Waals surface area contributed by atoms with Crippen molar-refractivity contribution in [2.45, 2.75) is 0 Å². The number of rotatable bonds is 3. The molecule has 0 amide bonds. The highest BCUT2D eigenvalue weighted by Gasteiger charge is 2.14. The molecular formula is C16H14N4. The number of hydrogen-bond donors (Lipinski definition) is 0. The zero-order valence-corrected chi connectivity index (χ0v) is 11.1. The van der Waals surface area contributed by atoms with Gasteiger partial charge in [-0.25, -0.2) is 4.68 Å². The molecule has 3 rings (SSSR count). The second-order valence-electron chi connectivity index (χ2n) is 4.32. The lowest BCUT2D eigenvalue weighted by molar-refractivity contribution is 0.807. The van der Waals surface area contributed by atoms with Crippen molar-refractivity contribution in [1.29, 1.82) is 0 Å². The highest BCUT2D eigenvalue weighted by atomic mass is 15.4. The van der Waals surface area contributed by atoms with Crippen LogP contribution in [0.4, 0.5) is 0 Å². The summed E-state index contributed by atoms with van der Waals surface area (Å²) in [5, 5.41) is 8.48. The summed E-state index contributed by atoms with van der Waals surface area (Å²) in [4.78, 5) is 4.06. The quantitative estimate of drug-likeness (QED) is 0.681. The fraction of sp³-hybridized carbons (Fsp3) is 0.0625. The molecule has 1 heterocycles. The fourth-order valence-corrected chi connectivity index (χ4v) is 2.12. The fourth-order valence-electron chi connectivity index (χ4n) is 2.12. The molecule has 20 heavy (non-hydrogen) atoms. The Labute approximate surface area is 117 Å². The Hall–Kier alpha value is -2.75. The van der Waals surface area contributed by atoms with Crippen molar-refractivity contribution >= 4 is 6.21 Å². The normalized spacial score (nSPS) is 11.1. The van der Waals surface area contributed by atoms with Gasteiger partial charge in [0.05, 0.1) is 11.9 Å². The van der Waals surface area contributed by atoms with Crippen LogP contribution < -0.4 is 0 Å². The van der Waals surface area contributed by atoms with E-state index in [0.29, 0.717) is 0 Å². The Morgan fingerprint density at radius 3 is 2.25 bits per heavy atom. The van der Waals surface area contributed by atoms with E-state index in [1.165, 1.54) is 0 Å². The number of aliphatic imine (C=N–C) groups is 1. The Kier molecular flexibility index (Phi) is 3.37. The Balaban J connectivity index is 2.22. The monoisotopic (exact) mass is 262 g/mol. The highest BCUT2D eigenvalue weighted by molar-refractivity contribution is 5.87. The third-order valence-electron chi connectivity index (χ3n) is 3.00. The van der Waals surface area contributed by atoms with Gasteiger partial charge in [0.2, 0.25) is 0 Å². The topological polar surface area (TPSA) is 43.1 Å². The van der Waals surface area contributed by atoms with Gasteiger partial charge in [0.15, 0.2) is 0 Å². The molecule has 2 aromatic carbocycles. The maximum atomic E-state index is 4.26. The van der Waals surface area contributed by atoms with Gasteiger partial charge < -0.3 is 0 Å². The summed E-state index contributed by atoms with van der Waals surface area (Å²) in [7, 11) is 1.73. The summed E-state index contributed by atoms with van der Waals surface area (Å²) in [5.41, 5.74) is 3.76. The third kappa shape index (κ3) is 2.23. The first-order valence-electron chi connectivity index (χ1n) is 6.39. The highest BCUT2D eigenvalue weighted by Crippen LogP contribution is 2.24. The van der Waals surface area contributed by atoms with E-state index >= 15 is 0 Å². The zero-order valence-electron chi connectivity index (χ0n) is 11.1. The summed E-state index contributed by atoms with van der Waals surface area (Å²) in [6.07, 6.45) is 1.73. The molecule has 0 atom stereocenters. The van der Waals surface area contributed by atoms with E-state index in [-0.39, 0.29) is 0 Å². The van der Waals surface area contributed by atoms with Crippen molar-refractivity contribution in [2.24, 2.45) is 4.99 Å². The van der Waals surface area contributed by atoms with E-state index in [1.807, 2.05) is 65.3 Å². The molecule has 0 spiro atoms. The first kappa shape index (κ1) is 12.3. The molecule has 0 saturated carbocycles. The molecule has 0 aliphatic rings. The second-order valence-corrected chi connectivity index (χ2v) is 4.32. The van der Waals surface area contributed by atoms with Crippen LogP contribution in [0.2, 0.25) is 0 Å². The van der Waals surface area contributed by atoms with Crippen molar-refractivity contribution in [3.63, 3.8) is 0 Å². The predicted molar refractivity (Wildman–Crippen MR) is 80.3 cm³/mol. The van der Waals surface area contributed by atoms with E-state index in [1.54, 1.807) is 13.3 Å². The average molecular weight is 262 g/mol. The van der Waals surface area contributed by atoms with Crippen LogP contribution >= 0.6 is 0 Å². The van der Waals surface area contributed by atoms with Crippen molar-refractivity contribution < 1.29 is 0 Å². The van der Waals surface area contributed by atoms with Crippen LogP contribution in [0.15, 0.2) is 65.7 Å². The first-order chi connectivity index (χ1) is 9.90. The lowest BCUT2D eigenvalue weighted by Gasteiger charge is -2.06. The summed E-state index contributed by atoms with van der Waals surface area (Å²) in [6.45, 7) is 0. The molecule has 0 saturated heterocycles. The zero-order chi connectivity index (χ0) is 13.8. The van der Waals surface area contributed by atoms with Gasteiger partial charge in [-0.1, -0.05) is 53.7 Å². The van der Waals surface area contributed by atoms with Crippen molar-refractivity contribution in [3.05, 3.63) is 66.4 Å². The number of nitrogens with zero attached hydrogens (tertiary/aromatic N) is 4. The Bertz CT molecular complexity index is 715. The van der Waals surface area contributed by atoms with E-state index in [9.17, 15) is 0 Å². The van der Waals surface area contributed by atoms with Crippen LogP contribution in [-0.4, -0.2) is 28.3 Å². The van der Waals surface area contributed by atoms with E-state index < -0.39 is 0 Å². The maximum Gasteiger partial charge on any atom is 0.132 e. The van der Waals surface area contributed by atoms with Crippen molar-refractivity contribution in [1.82, 2.24) is 15.0 Å². The molecule has 0 radical (unpaired) electrons. The minimum Gasteiger partial charge on any atom is -0.294 e. The molecule has 4 nitrogen and oxygen atoms in total. The van der Waals surface area contributed by atoms with Crippen LogP contribution in [0, 0.1) is 0 Å². The molecule has 0 aliphatic heterocycles. The summed E-state index contributed by atoms with van der Waals surface area (Å²) < 4.78 is 1.84. The molecular weight excluding hydrogens is 248 g/mol. The lowest BCUT2D eigenvalue weighted by atomic mass is 10.1. The molecule has 98 valence electrons. The molecule has 0 aliphatic carbocycles. The van der Waals surface area contributed by atoms with E-state index in [2.05, 4.69) is 15.3 Å². The third-order valence-corrected chi connectivity index (χ3v) is 3.00. The molecule has 0 fully saturated rings. The van der Waals surface area contributed by atoms with Crippen molar-refractivity contribution in [3.8, 4) is 16.9 Å². The van der Waals surface area contributed by atoms with Gasteiger partial charge in [-0.2, -0.15) is 0 Å². The van der Waals surface area contributed by atoms with Crippen LogP contribution in [-0.2, 0) is 0 Å². The number of benzene rings is 2. The lowest BCUT2D eigenvalue weighted by Crippen LogP contribution is -1.99. The molecule has 0 unspecified atom stereocenters. The smallest absolute Gasteiger partial charge is 0.132 e. The van der Waals surface area contributed by atoms with Gasteiger partial charge in [0, 0.05) is 12.6 Å². The van der Waals surface area contributed by atoms with Gasteiger partial charge in [0.1, 0.15) is 11.4 Å². The Morgan fingerprint density at radius 1 is 0.950 bits per heavy atom. The molecule has 4 heteroatoms. The molecule has 3 aromatic rings. The number of hydrogen-bond acceptors (Lipinski definition) is 3. The molecule has 0 N–H and O–H groups in total. The minimum absolute atomic E-state index is 0.766.